The van der Waals surface area contributed by atoms with E-state index in [-0.39, 0.29) is 23.0 Å². The third kappa shape index (κ3) is 3.40. The minimum absolute atomic E-state index is 0.00733. The fourth-order valence-corrected chi connectivity index (χ4v) is 5.29. The number of aromatic amines is 1. The number of hydrogen-bond acceptors (Lipinski definition) is 7. The second-order valence-electron chi connectivity index (χ2n) is 9.36. The maximum Gasteiger partial charge on any atom is 0.341 e. The lowest BCUT2D eigenvalue weighted by Crippen LogP contribution is -2.22. The van der Waals surface area contributed by atoms with Gasteiger partial charge in [0.2, 0.25) is 5.43 Å². The van der Waals surface area contributed by atoms with Crippen LogP contribution >= 0.6 is 0 Å². The number of carbonyl (C=O) groups is 1. The molecule has 1 atom stereocenters. The first-order chi connectivity index (χ1) is 18.2. The van der Waals surface area contributed by atoms with E-state index in [2.05, 4.69) is 20.3 Å². The Kier molecular flexibility index (Phi) is 5.31. The van der Waals surface area contributed by atoms with Crippen molar-refractivity contribution in [2.75, 3.05) is 30.4 Å². The Morgan fingerprint density at radius 1 is 1.21 bits per heavy atom. The van der Waals surface area contributed by atoms with Crippen LogP contribution in [0.2, 0.25) is 0 Å². The number of benzene rings is 1. The number of aromatic carboxylic acids is 1. The topological polar surface area (TPSA) is 136 Å². The standard InChI is InChI=1S/C26H22F2N6O4/c1-29-17-6-16(27)20(28)18-19-22(34-4-3-12(35)9-34)14(8-30-24(19)32-21(17)18)11-5-13-23(36)15(26(37)38)10-33(2)25(13)31-7-11/h5-8,10,12,29,35H,3-4,9H2,1-2H3,(H,30,32)(H,37,38). The maximum absolute atomic E-state index is 15.4. The molecule has 5 aromatic rings. The zero-order chi connectivity index (χ0) is 26.9. The van der Waals surface area contributed by atoms with Crippen molar-refractivity contribution in [2.45, 2.75) is 12.5 Å². The van der Waals surface area contributed by atoms with Crippen molar-refractivity contribution in [1.82, 2.24) is 19.5 Å². The number of β-amino-alcohol motifs (C(OH)–C–C–N with tert-alkyl or cyclic N) is 1. The second-order valence-corrected chi connectivity index (χ2v) is 9.36. The van der Waals surface area contributed by atoms with E-state index < -0.39 is 34.7 Å². The minimum atomic E-state index is -1.36. The molecule has 1 aromatic carbocycles. The number of fused-ring (bicyclic) bond motifs is 4. The highest BCUT2D eigenvalue weighted by atomic mass is 19.2. The summed E-state index contributed by atoms with van der Waals surface area (Å²) < 4.78 is 31.5. The predicted molar refractivity (Wildman–Crippen MR) is 139 cm³/mol. The summed E-state index contributed by atoms with van der Waals surface area (Å²) in [5, 5.41) is 23.1. The Hall–Kier alpha value is -4.58. The van der Waals surface area contributed by atoms with Gasteiger partial charge in [-0.2, -0.15) is 0 Å². The largest absolute Gasteiger partial charge is 0.477 e. The van der Waals surface area contributed by atoms with Crippen LogP contribution < -0.4 is 15.6 Å². The molecule has 1 aliphatic heterocycles. The molecule has 4 aromatic heterocycles. The Balaban J connectivity index is 1.72. The molecule has 194 valence electrons. The molecule has 38 heavy (non-hydrogen) atoms. The molecule has 10 nitrogen and oxygen atoms in total. The fourth-order valence-electron chi connectivity index (χ4n) is 5.29. The van der Waals surface area contributed by atoms with Gasteiger partial charge in [0.15, 0.2) is 11.6 Å². The van der Waals surface area contributed by atoms with Crippen LogP contribution in [0.1, 0.15) is 16.8 Å². The highest BCUT2D eigenvalue weighted by Gasteiger charge is 2.29. The number of pyridine rings is 3. The fraction of sp³-hybridized carbons (Fsp3) is 0.231. The molecular formula is C26H22F2N6O4. The molecule has 5 heterocycles. The molecule has 1 aliphatic rings. The van der Waals surface area contributed by atoms with E-state index in [0.29, 0.717) is 52.0 Å². The summed E-state index contributed by atoms with van der Waals surface area (Å²) in [4.78, 5) is 38.5. The molecule has 0 radical (unpaired) electrons. The van der Waals surface area contributed by atoms with E-state index in [4.69, 9.17) is 0 Å². The predicted octanol–water partition coefficient (Wildman–Crippen LogP) is 3.22. The first-order valence-corrected chi connectivity index (χ1v) is 11.9. The van der Waals surface area contributed by atoms with Gasteiger partial charge in [-0.15, -0.1) is 0 Å². The van der Waals surface area contributed by atoms with Gasteiger partial charge in [-0.3, -0.25) is 4.79 Å². The average Bonchev–Trinajstić information content (AvgIpc) is 3.51. The Bertz CT molecular complexity index is 1870. The monoisotopic (exact) mass is 520 g/mol. The Labute approximate surface area is 213 Å². The molecule has 12 heteroatoms. The SMILES string of the molecule is CNc1cc(F)c(F)c2c1[nH]c1ncc(-c3cnc4c(c3)c(=O)c(C(=O)O)cn4C)c(N3CCC(O)C3)c12. The van der Waals surface area contributed by atoms with Gasteiger partial charge in [0.05, 0.1) is 39.2 Å². The number of rotatable bonds is 4. The number of aliphatic hydroxyl groups is 1. The number of carboxylic acids is 1. The van der Waals surface area contributed by atoms with E-state index in [1.165, 1.54) is 23.0 Å². The zero-order valence-electron chi connectivity index (χ0n) is 20.3. The third-order valence-corrected chi connectivity index (χ3v) is 7.07. The van der Waals surface area contributed by atoms with Gasteiger partial charge in [0.25, 0.3) is 0 Å². The highest BCUT2D eigenvalue weighted by Crippen LogP contribution is 2.44. The summed E-state index contributed by atoms with van der Waals surface area (Å²) in [5.41, 5.74) is 1.61. The number of anilines is 2. The van der Waals surface area contributed by atoms with Crippen LogP contribution in [0.15, 0.2) is 35.5 Å². The second kappa shape index (κ2) is 8.48. The smallest absolute Gasteiger partial charge is 0.341 e. The quantitative estimate of drug-likeness (QED) is 0.284. The van der Waals surface area contributed by atoms with E-state index in [1.807, 2.05) is 4.90 Å². The van der Waals surface area contributed by atoms with Crippen LogP contribution in [-0.4, -0.2) is 61.9 Å². The van der Waals surface area contributed by atoms with Crippen molar-refractivity contribution >= 4 is 50.3 Å². The van der Waals surface area contributed by atoms with E-state index in [1.54, 1.807) is 20.3 Å². The molecular weight excluding hydrogens is 498 g/mol. The molecule has 0 bridgehead atoms. The van der Waals surface area contributed by atoms with Crippen molar-refractivity contribution in [3.05, 3.63) is 58.1 Å². The van der Waals surface area contributed by atoms with E-state index >= 15 is 4.39 Å². The summed E-state index contributed by atoms with van der Waals surface area (Å²) >= 11 is 0. The van der Waals surface area contributed by atoms with Crippen LogP contribution in [0.5, 0.6) is 0 Å². The number of halogens is 2. The van der Waals surface area contributed by atoms with Crippen molar-refractivity contribution in [1.29, 1.82) is 0 Å². The lowest BCUT2D eigenvalue weighted by molar-refractivity contribution is 0.0695. The lowest BCUT2D eigenvalue weighted by Gasteiger charge is -2.23. The third-order valence-electron chi connectivity index (χ3n) is 7.07. The zero-order valence-corrected chi connectivity index (χ0v) is 20.3. The molecule has 1 fully saturated rings. The summed E-state index contributed by atoms with van der Waals surface area (Å²) in [6, 6.07) is 2.59. The van der Waals surface area contributed by atoms with Gasteiger partial charge < -0.3 is 30.0 Å². The maximum atomic E-state index is 15.4. The Morgan fingerprint density at radius 2 is 2.00 bits per heavy atom. The van der Waals surface area contributed by atoms with Gasteiger partial charge in [-0.05, 0) is 12.5 Å². The van der Waals surface area contributed by atoms with Gasteiger partial charge in [-0.25, -0.2) is 23.5 Å². The van der Waals surface area contributed by atoms with Crippen LogP contribution in [0, 0.1) is 11.6 Å². The molecule has 0 saturated carbocycles. The van der Waals surface area contributed by atoms with Gasteiger partial charge >= 0.3 is 5.97 Å². The highest BCUT2D eigenvalue weighted by molar-refractivity contribution is 6.18. The van der Waals surface area contributed by atoms with E-state index in [9.17, 15) is 24.2 Å². The average molecular weight is 520 g/mol. The number of aromatic nitrogens is 4. The molecule has 4 N–H and O–H groups in total. The van der Waals surface area contributed by atoms with Crippen molar-refractivity contribution < 1.29 is 23.8 Å². The van der Waals surface area contributed by atoms with Gasteiger partial charge in [0.1, 0.15) is 16.9 Å². The van der Waals surface area contributed by atoms with Crippen molar-refractivity contribution in [3.8, 4) is 11.1 Å². The molecule has 1 saturated heterocycles. The minimum Gasteiger partial charge on any atom is -0.477 e. The van der Waals surface area contributed by atoms with E-state index in [0.717, 1.165) is 6.07 Å². The van der Waals surface area contributed by atoms with Crippen LogP contribution in [0.25, 0.3) is 44.1 Å². The number of H-pyrrole nitrogens is 1. The number of carboxylic acid groups (broad SMARTS) is 1. The lowest BCUT2D eigenvalue weighted by atomic mass is 10.0. The molecule has 0 spiro atoms. The van der Waals surface area contributed by atoms with Gasteiger partial charge in [0, 0.05) is 63.0 Å². The van der Waals surface area contributed by atoms with Crippen LogP contribution in [-0.2, 0) is 7.05 Å². The Morgan fingerprint density at radius 3 is 2.68 bits per heavy atom. The number of nitrogens with one attached hydrogen (secondary N) is 2. The summed E-state index contributed by atoms with van der Waals surface area (Å²) in [6.45, 7) is 0.697. The summed E-state index contributed by atoms with van der Waals surface area (Å²) in [7, 11) is 3.19. The number of aliphatic hydroxyl groups excluding tert-OH is 1. The first kappa shape index (κ1) is 23.8. The number of aryl methyl sites for hydroxylation is 1. The molecule has 6 rings (SSSR count). The van der Waals surface area contributed by atoms with Crippen LogP contribution in [0.4, 0.5) is 20.2 Å². The van der Waals surface area contributed by atoms with Crippen molar-refractivity contribution in [2.24, 2.45) is 7.05 Å². The molecule has 0 amide bonds. The number of nitrogens with zero attached hydrogens (tertiary/aromatic N) is 4. The number of hydrogen-bond donors (Lipinski definition) is 4. The molecule has 0 aliphatic carbocycles. The van der Waals surface area contributed by atoms with Crippen LogP contribution in [0.3, 0.4) is 0 Å². The van der Waals surface area contributed by atoms with Gasteiger partial charge in [-0.1, -0.05) is 0 Å². The summed E-state index contributed by atoms with van der Waals surface area (Å²) in [5.74, 6) is -3.43. The first-order valence-electron chi connectivity index (χ1n) is 11.9. The van der Waals surface area contributed by atoms with Crippen molar-refractivity contribution in [3.63, 3.8) is 0 Å². The summed E-state index contributed by atoms with van der Waals surface area (Å²) in [6.07, 6.45) is 4.13. The normalized spacial score (nSPS) is 15.7. The molecule has 1 unspecified atom stereocenters.